The molecule has 5 fully saturated rings. The highest BCUT2D eigenvalue weighted by Crippen LogP contribution is 2.72. The summed E-state index contributed by atoms with van der Waals surface area (Å²) >= 11 is 0. The number of hydrogen-bond acceptors (Lipinski definition) is 7. The van der Waals surface area contributed by atoms with Gasteiger partial charge in [0.1, 0.15) is 5.60 Å². The number of fused-ring (bicyclic) bond motifs is 7. The molecule has 2 aliphatic heterocycles. The van der Waals surface area contributed by atoms with Gasteiger partial charge in [-0.05, 0) is 69.9 Å². The summed E-state index contributed by atoms with van der Waals surface area (Å²) in [6, 6.07) is 0. The maximum atomic E-state index is 14.0. The van der Waals surface area contributed by atoms with Gasteiger partial charge in [0.2, 0.25) is 5.72 Å². The van der Waals surface area contributed by atoms with E-state index in [9.17, 15) is 20.2 Å². The van der Waals surface area contributed by atoms with E-state index in [-0.39, 0.29) is 35.6 Å². The van der Waals surface area contributed by atoms with Gasteiger partial charge in [0, 0.05) is 16.7 Å². The number of carbonyl (C=O) groups is 1. The third kappa shape index (κ3) is 3.06. The molecule has 205 valence electrons. The van der Waals surface area contributed by atoms with Crippen LogP contribution in [0.1, 0.15) is 73.1 Å². The number of nitrogens with zero attached hydrogens (tertiary/aromatic N) is 1. The lowest BCUT2D eigenvalue weighted by molar-refractivity contribution is -0.378. The highest BCUT2D eigenvalue weighted by atomic mass is 16.8. The van der Waals surface area contributed by atoms with Crippen LogP contribution in [0.4, 0.5) is 0 Å². The van der Waals surface area contributed by atoms with Crippen molar-refractivity contribution < 1.29 is 34.4 Å². The van der Waals surface area contributed by atoms with E-state index >= 15 is 0 Å². The maximum absolute atomic E-state index is 14.0. The fourth-order valence-corrected chi connectivity index (χ4v) is 9.62. The SMILES string of the molecule is CCCC1O[C@@H]2CC3C4CCC5=CC(=O)C=C[C@]5(C)C4C(O)C[C@]3(C)[C@]2(C2(CO)OCC(C)(C)N2[O])O1. The van der Waals surface area contributed by atoms with E-state index in [0.717, 1.165) is 29.9 Å². The van der Waals surface area contributed by atoms with Gasteiger partial charge in [-0.15, -0.1) is 10.3 Å². The zero-order valence-corrected chi connectivity index (χ0v) is 22.7. The number of carbonyl (C=O) groups excluding carboxylic acids is 1. The van der Waals surface area contributed by atoms with Gasteiger partial charge in [0.05, 0.1) is 31.0 Å². The second kappa shape index (κ2) is 8.19. The van der Waals surface area contributed by atoms with Crippen molar-refractivity contribution in [2.45, 2.75) is 109 Å². The molecule has 2 N–H and O–H groups in total. The van der Waals surface area contributed by atoms with Crippen LogP contribution in [-0.4, -0.2) is 69.6 Å². The highest BCUT2D eigenvalue weighted by molar-refractivity contribution is 6.01. The van der Waals surface area contributed by atoms with E-state index in [2.05, 4.69) is 20.8 Å². The summed E-state index contributed by atoms with van der Waals surface area (Å²) in [7, 11) is 0. The molecule has 6 aliphatic rings. The van der Waals surface area contributed by atoms with Crippen LogP contribution >= 0.6 is 0 Å². The minimum absolute atomic E-state index is 0.0144. The van der Waals surface area contributed by atoms with Gasteiger partial charge in [-0.25, -0.2) is 0 Å². The third-order valence-corrected chi connectivity index (χ3v) is 11.2. The van der Waals surface area contributed by atoms with E-state index in [1.54, 1.807) is 12.2 Å². The largest absolute Gasteiger partial charge is 0.393 e. The van der Waals surface area contributed by atoms with Crippen LogP contribution in [0.3, 0.4) is 0 Å². The Bertz CT molecular complexity index is 1040. The average molecular weight is 517 g/mol. The van der Waals surface area contributed by atoms with E-state index in [1.807, 2.05) is 19.9 Å². The number of allylic oxidation sites excluding steroid dienone is 4. The van der Waals surface area contributed by atoms with E-state index in [4.69, 9.17) is 14.2 Å². The Morgan fingerprint density at radius 1 is 1.22 bits per heavy atom. The first-order valence-electron chi connectivity index (χ1n) is 14.1. The minimum atomic E-state index is -1.62. The molecule has 4 aliphatic carbocycles. The van der Waals surface area contributed by atoms with Crippen molar-refractivity contribution in [3.63, 3.8) is 0 Å². The lowest BCUT2D eigenvalue weighted by atomic mass is 9.45. The summed E-state index contributed by atoms with van der Waals surface area (Å²) in [4.78, 5) is 12.2. The molecule has 0 aromatic heterocycles. The van der Waals surface area contributed by atoms with Crippen LogP contribution in [0.2, 0.25) is 0 Å². The van der Waals surface area contributed by atoms with Crippen LogP contribution in [0.15, 0.2) is 23.8 Å². The first-order valence-corrected chi connectivity index (χ1v) is 14.1. The van der Waals surface area contributed by atoms with Gasteiger partial charge in [-0.1, -0.05) is 38.8 Å². The molecule has 6 unspecified atom stereocenters. The molecular weight excluding hydrogens is 474 g/mol. The van der Waals surface area contributed by atoms with Gasteiger partial charge in [0.25, 0.3) is 0 Å². The van der Waals surface area contributed by atoms with Crippen molar-refractivity contribution in [2.75, 3.05) is 13.2 Å². The summed E-state index contributed by atoms with van der Waals surface area (Å²) in [5.74, 6) is 0.215. The second-order valence-electron chi connectivity index (χ2n) is 13.5. The molecule has 0 amide bonds. The number of rotatable bonds is 4. The van der Waals surface area contributed by atoms with Crippen molar-refractivity contribution in [3.8, 4) is 0 Å². The standard InChI is InChI=1S/C29H42NO7/c1-6-7-23-36-22-13-20-19-9-8-17-12-18(32)10-11-26(17,4)24(19)21(33)14-27(20,5)29(22,37-23)28(15-31)30(34)25(2,3)16-35-28/h10-12,19-24,31,33H,6-9,13-16H2,1-5H3/t19?,20?,21?,22-,23?,24?,26+,27+,28?,29-/m1/s1. The first-order chi connectivity index (χ1) is 17.4. The van der Waals surface area contributed by atoms with Gasteiger partial charge < -0.3 is 24.4 Å². The normalized spacial score (nSPS) is 52.4. The Morgan fingerprint density at radius 2 is 1.97 bits per heavy atom. The number of ketones is 1. The minimum Gasteiger partial charge on any atom is -0.393 e. The van der Waals surface area contributed by atoms with Gasteiger partial charge >= 0.3 is 0 Å². The van der Waals surface area contributed by atoms with Crippen LogP contribution in [0.25, 0.3) is 0 Å². The van der Waals surface area contributed by atoms with Crippen molar-refractivity contribution in [2.24, 2.45) is 28.6 Å². The molecule has 2 saturated heterocycles. The molecule has 6 rings (SSSR count). The number of hydrogen-bond donors (Lipinski definition) is 2. The molecule has 8 nitrogen and oxygen atoms in total. The van der Waals surface area contributed by atoms with Crippen LogP contribution < -0.4 is 0 Å². The first kappa shape index (κ1) is 26.1. The maximum Gasteiger partial charge on any atom is 0.202 e. The summed E-state index contributed by atoms with van der Waals surface area (Å²) in [5.41, 5.74) is -3.64. The molecule has 0 aromatic rings. The molecular formula is C29H42NO7. The molecule has 1 radical (unpaired) electrons. The summed E-state index contributed by atoms with van der Waals surface area (Å²) in [5, 5.41) is 37.8. The Balaban J connectivity index is 1.47. The number of ether oxygens (including phenoxy) is 3. The predicted octanol–water partition coefficient (Wildman–Crippen LogP) is 3.30. The fourth-order valence-electron chi connectivity index (χ4n) is 9.62. The van der Waals surface area contributed by atoms with E-state index < -0.39 is 47.4 Å². The summed E-state index contributed by atoms with van der Waals surface area (Å²) in [6.45, 7) is 9.67. The smallest absolute Gasteiger partial charge is 0.202 e. The zero-order valence-electron chi connectivity index (χ0n) is 22.7. The number of aliphatic hydroxyl groups is 2. The van der Waals surface area contributed by atoms with Crippen molar-refractivity contribution in [3.05, 3.63) is 23.8 Å². The fraction of sp³-hybridized carbons (Fsp3) is 0.828. The van der Waals surface area contributed by atoms with E-state index in [1.165, 1.54) is 0 Å². The van der Waals surface area contributed by atoms with Crippen molar-refractivity contribution >= 4 is 5.78 Å². The highest BCUT2D eigenvalue weighted by Gasteiger charge is 2.83. The lowest BCUT2D eigenvalue weighted by Gasteiger charge is -2.62. The average Bonchev–Trinajstić information content (AvgIpc) is 3.40. The second-order valence-corrected chi connectivity index (χ2v) is 13.5. The lowest BCUT2D eigenvalue weighted by Crippen LogP contribution is -2.75. The molecule has 0 aromatic carbocycles. The zero-order chi connectivity index (χ0) is 26.6. The molecule has 0 spiro atoms. The monoisotopic (exact) mass is 516 g/mol. The molecule has 10 atom stereocenters. The third-order valence-electron chi connectivity index (χ3n) is 11.2. The van der Waals surface area contributed by atoms with Crippen molar-refractivity contribution in [1.82, 2.24) is 5.06 Å². The molecule has 2 heterocycles. The Hall–Kier alpha value is -1.13. The number of hydroxylamine groups is 2. The van der Waals surface area contributed by atoms with E-state index in [0.29, 0.717) is 19.3 Å². The van der Waals surface area contributed by atoms with Crippen LogP contribution in [0.5, 0.6) is 0 Å². The topological polar surface area (TPSA) is 108 Å². The molecule has 37 heavy (non-hydrogen) atoms. The quantitative estimate of drug-likeness (QED) is 0.590. The molecule has 8 heteroatoms. The van der Waals surface area contributed by atoms with Gasteiger partial charge in [-0.2, -0.15) is 0 Å². The Kier molecular flexibility index (Phi) is 5.78. The van der Waals surface area contributed by atoms with Crippen molar-refractivity contribution in [1.29, 1.82) is 0 Å². The van der Waals surface area contributed by atoms with Crippen LogP contribution in [-0.2, 0) is 24.2 Å². The molecule has 0 bridgehead atoms. The Morgan fingerprint density at radius 3 is 2.62 bits per heavy atom. The number of aliphatic hydroxyl groups excluding tert-OH is 2. The van der Waals surface area contributed by atoms with Gasteiger partial charge in [-0.3, -0.25) is 4.79 Å². The Labute approximate surface area is 219 Å². The molecule has 3 saturated carbocycles. The van der Waals surface area contributed by atoms with Crippen LogP contribution in [0, 0.1) is 28.6 Å². The van der Waals surface area contributed by atoms with Gasteiger partial charge in [0.15, 0.2) is 12.1 Å². The summed E-state index contributed by atoms with van der Waals surface area (Å²) in [6.07, 6.45) is 8.08. The predicted molar refractivity (Wildman–Crippen MR) is 133 cm³/mol. The summed E-state index contributed by atoms with van der Waals surface area (Å²) < 4.78 is 19.8.